The van der Waals surface area contributed by atoms with Crippen LogP contribution in [0.2, 0.25) is 5.02 Å². The third-order valence-electron chi connectivity index (χ3n) is 2.90. The van der Waals surface area contributed by atoms with Crippen LogP contribution in [0.15, 0.2) is 48.5 Å². The molecule has 2 aromatic carbocycles. The van der Waals surface area contributed by atoms with Crippen LogP contribution in [-0.4, -0.2) is 37.4 Å². The van der Waals surface area contributed by atoms with Crippen molar-refractivity contribution in [1.82, 2.24) is 4.90 Å². The zero-order chi connectivity index (χ0) is 21.1. The number of halogens is 1. The number of rotatable bonds is 6. The Labute approximate surface area is 151 Å². The molecule has 0 N–H and O–H groups in total. The molecular weight excluding hydrogens is 330 g/mol. The van der Waals surface area contributed by atoms with Gasteiger partial charge in [-0.05, 0) is 30.3 Å². The molecule has 0 saturated carbocycles. The van der Waals surface area contributed by atoms with Gasteiger partial charge in [-0.3, -0.25) is 9.59 Å². The van der Waals surface area contributed by atoms with Crippen molar-refractivity contribution in [1.29, 1.82) is 0 Å². The summed E-state index contributed by atoms with van der Waals surface area (Å²) in [6.45, 7) is -2.86. The molecule has 0 bridgehead atoms. The van der Waals surface area contributed by atoms with E-state index in [0.717, 1.165) is 14.2 Å². The summed E-state index contributed by atoms with van der Waals surface area (Å²) in [7, 11) is 1.94. The number of amides is 1. The van der Waals surface area contributed by atoms with Crippen LogP contribution < -0.4 is 4.74 Å². The fraction of sp³-hybridized carbons (Fsp3) is 0.222. The fourth-order valence-corrected chi connectivity index (χ4v) is 1.91. The average molecular weight is 352 g/mol. The molecule has 0 spiro atoms. The van der Waals surface area contributed by atoms with Gasteiger partial charge in [0, 0.05) is 20.4 Å². The van der Waals surface area contributed by atoms with Crippen LogP contribution in [0.3, 0.4) is 0 Å². The van der Waals surface area contributed by atoms with Crippen molar-refractivity contribution >= 4 is 23.5 Å². The summed E-state index contributed by atoms with van der Waals surface area (Å²) in [6, 6.07) is 12.6. The smallest absolute Gasteiger partial charge is 0.325 e. The van der Waals surface area contributed by atoms with E-state index in [-0.39, 0.29) is 16.3 Å². The number of para-hydroxylation sites is 1. The minimum Gasteiger partial charge on any atom is -0.468 e. The van der Waals surface area contributed by atoms with Crippen LogP contribution in [0, 0.1) is 0 Å². The van der Waals surface area contributed by atoms with Gasteiger partial charge in [0.1, 0.15) is 18.0 Å². The van der Waals surface area contributed by atoms with Gasteiger partial charge in [0.2, 0.25) is 5.91 Å². The Morgan fingerprint density at radius 3 is 2.58 bits per heavy atom. The average Bonchev–Trinajstić information content (AvgIpc) is 2.68. The van der Waals surface area contributed by atoms with Gasteiger partial charge in [-0.25, -0.2) is 0 Å². The minimum absolute atomic E-state index is 0.0287. The number of carbonyl (C=O) groups is 2. The number of hydrogen-bond donors (Lipinski definition) is 0. The van der Waals surface area contributed by atoms with Crippen LogP contribution >= 0.6 is 11.6 Å². The van der Waals surface area contributed by atoms with Crippen molar-refractivity contribution in [3.05, 3.63) is 59.1 Å². The van der Waals surface area contributed by atoms with E-state index in [4.69, 9.17) is 21.8 Å². The summed E-state index contributed by atoms with van der Waals surface area (Å²) in [5, 5.41) is 0.158. The van der Waals surface area contributed by atoms with Gasteiger partial charge in [-0.15, -0.1) is 0 Å². The van der Waals surface area contributed by atoms with Crippen molar-refractivity contribution in [3.63, 3.8) is 0 Å². The minimum atomic E-state index is -2.86. The maximum atomic E-state index is 12.8. The molecule has 0 aliphatic rings. The third kappa shape index (κ3) is 4.99. The van der Waals surface area contributed by atoms with Gasteiger partial charge in [-0.2, -0.15) is 0 Å². The molecule has 6 heteroatoms. The van der Waals surface area contributed by atoms with E-state index in [1.54, 1.807) is 30.3 Å². The van der Waals surface area contributed by atoms with Crippen molar-refractivity contribution in [3.8, 4) is 11.5 Å². The summed E-state index contributed by atoms with van der Waals surface area (Å²) in [5.41, 5.74) is -0.207. The van der Waals surface area contributed by atoms with E-state index in [0.29, 0.717) is 10.6 Å². The van der Waals surface area contributed by atoms with E-state index < -0.39 is 24.7 Å². The Morgan fingerprint density at radius 1 is 1.21 bits per heavy atom. The summed E-state index contributed by atoms with van der Waals surface area (Å²) >= 11 is 5.98. The Balaban J connectivity index is 2.45. The monoisotopic (exact) mass is 351 g/mol. The SMILES string of the molecule is [2H]C([2H])(C(=O)N(C)C([2H])([2H])C(=O)OC)c1cc(Cl)ccc1Oc1ccccc1. The number of carbonyl (C=O) groups excluding carboxylic acids is 2. The fourth-order valence-electron chi connectivity index (χ4n) is 1.74. The van der Waals surface area contributed by atoms with Crippen LogP contribution in [0.1, 0.15) is 11.0 Å². The Morgan fingerprint density at radius 2 is 1.92 bits per heavy atom. The van der Waals surface area contributed by atoms with E-state index >= 15 is 0 Å². The second-order valence-corrected chi connectivity index (χ2v) is 5.08. The third-order valence-corrected chi connectivity index (χ3v) is 3.14. The van der Waals surface area contributed by atoms with E-state index in [2.05, 4.69) is 4.74 Å². The normalized spacial score (nSPS) is 13.8. The molecule has 24 heavy (non-hydrogen) atoms. The van der Waals surface area contributed by atoms with Gasteiger partial charge in [0.15, 0.2) is 0 Å². The van der Waals surface area contributed by atoms with Gasteiger partial charge in [0.05, 0.1) is 16.2 Å². The van der Waals surface area contributed by atoms with Crippen LogP contribution in [-0.2, 0) is 20.7 Å². The van der Waals surface area contributed by atoms with Crippen LogP contribution in [0.5, 0.6) is 11.5 Å². The highest BCUT2D eigenvalue weighted by Gasteiger charge is 2.16. The number of hydrogen-bond acceptors (Lipinski definition) is 4. The zero-order valence-corrected chi connectivity index (χ0v) is 13.8. The number of likely N-dealkylation sites (N-methyl/N-ethyl adjacent to an activating group) is 1. The van der Waals surface area contributed by atoms with Crippen LogP contribution in [0.4, 0.5) is 0 Å². The summed E-state index contributed by atoms with van der Waals surface area (Å²) < 4.78 is 42.2. The molecule has 0 atom stereocenters. The van der Waals surface area contributed by atoms with Crippen LogP contribution in [0.25, 0.3) is 0 Å². The molecule has 2 rings (SSSR count). The highest BCUT2D eigenvalue weighted by molar-refractivity contribution is 6.30. The first-order valence-corrected chi connectivity index (χ1v) is 7.29. The lowest BCUT2D eigenvalue weighted by Crippen LogP contribution is -2.33. The van der Waals surface area contributed by atoms with E-state index in [9.17, 15) is 9.59 Å². The largest absolute Gasteiger partial charge is 0.468 e. The standard InChI is InChI=1S/C18H18ClNO4/c1-20(12-18(22)23-2)17(21)11-13-10-14(19)8-9-16(13)24-15-6-4-3-5-7-15/h3-10H,11-12H2,1-2H3/i11D2,12D2. The molecular formula is C18H18ClNO4. The predicted octanol–water partition coefficient (Wildman–Crippen LogP) is 3.31. The quantitative estimate of drug-likeness (QED) is 0.749. The second-order valence-electron chi connectivity index (χ2n) is 4.65. The Hall–Kier alpha value is -2.53. The van der Waals surface area contributed by atoms with Crippen molar-refractivity contribution in [2.24, 2.45) is 0 Å². The molecule has 2 aromatic rings. The zero-order valence-electron chi connectivity index (χ0n) is 17.1. The number of esters is 1. The van der Waals surface area contributed by atoms with E-state index in [1.165, 1.54) is 18.2 Å². The maximum Gasteiger partial charge on any atom is 0.325 e. The molecule has 0 aliphatic carbocycles. The van der Waals surface area contributed by atoms with Gasteiger partial charge in [0.25, 0.3) is 0 Å². The maximum absolute atomic E-state index is 12.8. The first kappa shape index (κ1) is 12.8. The molecule has 126 valence electrons. The summed E-state index contributed by atoms with van der Waals surface area (Å²) in [4.78, 5) is 24.8. The molecule has 0 saturated heterocycles. The number of methoxy groups -OCH3 is 1. The lowest BCUT2D eigenvalue weighted by molar-refractivity contribution is -0.145. The number of ether oxygens (including phenoxy) is 2. The first-order valence-electron chi connectivity index (χ1n) is 8.91. The summed E-state index contributed by atoms with van der Waals surface area (Å²) in [6.07, 6.45) is -2.74. The molecule has 1 amide bonds. The lowest BCUT2D eigenvalue weighted by Gasteiger charge is -2.17. The topological polar surface area (TPSA) is 55.8 Å². The predicted molar refractivity (Wildman–Crippen MR) is 91.3 cm³/mol. The number of nitrogens with zero attached hydrogens (tertiary/aromatic N) is 1. The number of benzene rings is 2. The van der Waals surface area contributed by atoms with Crippen molar-refractivity contribution in [2.75, 3.05) is 20.7 Å². The van der Waals surface area contributed by atoms with Gasteiger partial charge >= 0.3 is 5.97 Å². The summed E-state index contributed by atoms with van der Waals surface area (Å²) in [5.74, 6) is -2.19. The lowest BCUT2D eigenvalue weighted by atomic mass is 10.1. The van der Waals surface area contributed by atoms with Gasteiger partial charge < -0.3 is 14.4 Å². The highest BCUT2D eigenvalue weighted by atomic mass is 35.5. The molecule has 0 radical (unpaired) electrons. The van der Waals surface area contributed by atoms with Gasteiger partial charge in [-0.1, -0.05) is 29.8 Å². The molecule has 0 aromatic heterocycles. The first-order chi connectivity index (χ1) is 13.0. The Bertz CT molecular complexity index is 877. The van der Waals surface area contributed by atoms with E-state index in [1.807, 2.05) is 0 Å². The Kier molecular flexibility index (Phi) is 4.47. The molecule has 0 fully saturated rings. The van der Waals surface area contributed by atoms with Crippen molar-refractivity contribution in [2.45, 2.75) is 6.37 Å². The van der Waals surface area contributed by atoms with Crippen molar-refractivity contribution < 1.29 is 24.5 Å². The molecule has 0 aliphatic heterocycles. The highest BCUT2D eigenvalue weighted by Crippen LogP contribution is 2.28. The molecule has 0 heterocycles. The second kappa shape index (κ2) is 8.36. The molecule has 5 nitrogen and oxygen atoms in total. The molecule has 0 unspecified atom stereocenters.